The first-order chi connectivity index (χ1) is 9.00. The van der Waals surface area contributed by atoms with Gasteiger partial charge < -0.3 is 5.32 Å². The zero-order chi connectivity index (χ0) is 13.6. The number of benzene rings is 1. The van der Waals surface area contributed by atoms with E-state index >= 15 is 0 Å². The summed E-state index contributed by atoms with van der Waals surface area (Å²) in [5, 5.41) is 4.21. The Bertz CT molecular complexity index is 511. The molecule has 3 heteroatoms. The predicted molar refractivity (Wildman–Crippen MR) is 80.8 cm³/mol. The third-order valence-electron chi connectivity index (χ3n) is 4.72. The van der Waals surface area contributed by atoms with Crippen LogP contribution in [0.5, 0.6) is 0 Å². The minimum absolute atomic E-state index is 0.124. The van der Waals surface area contributed by atoms with Crippen LogP contribution in [0.4, 0.5) is 0 Å². The highest BCUT2D eigenvalue weighted by atomic mass is 32.2. The molecule has 1 aromatic rings. The van der Waals surface area contributed by atoms with Crippen LogP contribution in [0.2, 0.25) is 0 Å². The molecule has 0 saturated carbocycles. The lowest BCUT2D eigenvalue weighted by Gasteiger charge is -2.42. The number of rotatable bonds is 0. The molecule has 4 unspecified atom stereocenters. The minimum atomic E-state index is -0.735. The van der Waals surface area contributed by atoms with Crippen molar-refractivity contribution in [3.8, 4) is 0 Å². The van der Waals surface area contributed by atoms with E-state index in [-0.39, 0.29) is 16.7 Å². The minimum Gasteiger partial charge on any atom is -0.309 e. The van der Waals surface area contributed by atoms with E-state index in [1.165, 1.54) is 11.1 Å². The average molecular weight is 277 g/mol. The van der Waals surface area contributed by atoms with Gasteiger partial charge in [0.25, 0.3) is 0 Å². The highest BCUT2D eigenvalue weighted by Gasteiger charge is 2.43. The topological polar surface area (TPSA) is 29.1 Å². The molecular formula is C16H23NOS. The molecule has 3 rings (SSSR count). The van der Waals surface area contributed by atoms with Gasteiger partial charge in [-0.3, -0.25) is 4.21 Å². The summed E-state index contributed by atoms with van der Waals surface area (Å²) in [4.78, 5) is 0. The van der Waals surface area contributed by atoms with Crippen LogP contribution in [0.1, 0.15) is 50.8 Å². The van der Waals surface area contributed by atoms with E-state index in [9.17, 15) is 4.21 Å². The van der Waals surface area contributed by atoms with Crippen molar-refractivity contribution in [2.45, 2.75) is 55.6 Å². The fourth-order valence-electron chi connectivity index (χ4n) is 3.63. The van der Waals surface area contributed by atoms with Crippen LogP contribution in [0.25, 0.3) is 0 Å². The van der Waals surface area contributed by atoms with E-state index in [2.05, 4.69) is 50.4 Å². The normalized spacial score (nSPS) is 37.0. The number of fused-ring (bicyclic) bond motifs is 3. The zero-order valence-corrected chi connectivity index (χ0v) is 12.8. The molecule has 1 saturated heterocycles. The Morgan fingerprint density at radius 3 is 2.84 bits per heavy atom. The van der Waals surface area contributed by atoms with Crippen LogP contribution in [0, 0.1) is 0 Å². The lowest BCUT2D eigenvalue weighted by molar-refractivity contribution is 0.369. The first kappa shape index (κ1) is 13.3. The third kappa shape index (κ3) is 2.17. The van der Waals surface area contributed by atoms with Gasteiger partial charge in [0.15, 0.2) is 0 Å². The van der Waals surface area contributed by atoms with Gasteiger partial charge in [-0.05, 0) is 35.9 Å². The molecule has 1 aliphatic heterocycles. The van der Waals surface area contributed by atoms with Gasteiger partial charge in [-0.15, -0.1) is 0 Å². The molecule has 2 nitrogen and oxygen atoms in total. The lowest BCUT2D eigenvalue weighted by Crippen LogP contribution is -2.43. The molecule has 19 heavy (non-hydrogen) atoms. The molecule has 0 spiro atoms. The molecule has 0 amide bonds. The Labute approximate surface area is 118 Å². The molecule has 1 aromatic carbocycles. The van der Waals surface area contributed by atoms with Crippen molar-refractivity contribution >= 4 is 10.8 Å². The van der Waals surface area contributed by atoms with E-state index in [0.29, 0.717) is 5.25 Å². The molecule has 0 bridgehead atoms. The standard InChI is InChI=1S/C16H23NOS/c1-11-8-9-17-15-12-6-4-5-7-13(12)16(2,3)10-14(15)19(11)18/h4-7,11,14-15,17H,8-10H2,1-3H3. The number of hydrogen-bond donors (Lipinski definition) is 1. The first-order valence-corrected chi connectivity index (χ1v) is 8.50. The second-order valence-corrected chi connectivity index (χ2v) is 8.64. The van der Waals surface area contributed by atoms with E-state index in [1.807, 2.05) is 0 Å². The molecule has 104 valence electrons. The van der Waals surface area contributed by atoms with Crippen LogP contribution >= 0.6 is 0 Å². The van der Waals surface area contributed by atoms with Crippen molar-refractivity contribution < 1.29 is 4.21 Å². The van der Waals surface area contributed by atoms with Gasteiger partial charge in [0.2, 0.25) is 0 Å². The summed E-state index contributed by atoms with van der Waals surface area (Å²) in [6.45, 7) is 7.68. The number of hydrogen-bond acceptors (Lipinski definition) is 2. The van der Waals surface area contributed by atoms with Crippen LogP contribution in [-0.4, -0.2) is 21.3 Å². The van der Waals surface area contributed by atoms with Crippen molar-refractivity contribution in [3.63, 3.8) is 0 Å². The summed E-state index contributed by atoms with van der Waals surface area (Å²) in [5.74, 6) is 0. The maximum Gasteiger partial charge on any atom is 0.0553 e. The van der Waals surface area contributed by atoms with Crippen LogP contribution in [-0.2, 0) is 16.2 Å². The summed E-state index contributed by atoms with van der Waals surface area (Å²) >= 11 is 0. The SMILES string of the molecule is CC1CCNC2c3ccccc3C(C)(C)CC2S1=O. The van der Waals surface area contributed by atoms with Gasteiger partial charge in [-0.2, -0.15) is 0 Å². The zero-order valence-electron chi connectivity index (χ0n) is 12.0. The van der Waals surface area contributed by atoms with Gasteiger partial charge in [-0.25, -0.2) is 0 Å². The lowest BCUT2D eigenvalue weighted by atomic mass is 9.70. The molecule has 1 heterocycles. The molecule has 4 atom stereocenters. The van der Waals surface area contributed by atoms with Gasteiger partial charge in [-0.1, -0.05) is 45.0 Å². The molecule has 1 N–H and O–H groups in total. The quantitative estimate of drug-likeness (QED) is 0.790. The van der Waals surface area contributed by atoms with Crippen molar-refractivity contribution in [2.24, 2.45) is 0 Å². The maximum atomic E-state index is 12.7. The summed E-state index contributed by atoms with van der Waals surface area (Å²) in [6, 6.07) is 8.96. The predicted octanol–water partition coefficient (Wildman–Crippen LogP) is 2.91. The fourth-order valence-corrected chi connectivity index (χ4v) is 5.67. The largest absolute Gasteiger partial charge is 0.309 e. The summed E-state index contributed by atoms with van der Waals surface area (Å²) < 4.78 is 12.7. The Kier molecular flexibility index (Phi) is 3.30. The molecule has 1 fully saturated rings. The second kappa shape index (κ2) is 4.71. The molecule has 0 radical (unpaired) electrons. The van der Waals surface area contributed by atoms with E-state index < -0.39 is 10.8 Å². The van der Waals surface area contributed by atoms with Gasteiger partial charge in [0, 0.05) is 22.1 Å². The Morgan fingerprint density at radius 1 is 1.32 bits per heavy atom. The van der Waals surface area contributed by atoms with Gasteiger partial charge in [0.1, 0.15) is 0 Å². The molecule has 1 aliphatic carbocycles. The van der Waals surface area contributed by atoms with Crippen molar-refractivity contribution in [1.29, 1.82) is 0 Å². The van der Waals surface area contributed by atoms with Crippen molar-refractivity contribution in [2.75, 3.05) is 6.54 Å². The average Bonchev–Trinajstić information content (AvgIpc) is 2.52. The summed E-state index contributed by atoms with van der Waals surface area (Å²) in [7, 11) is -0.735. The Hall–Kier alpha value is -0.670. The van der Waals surface area contributed by atoms with Crippen LogP contribution < -0.4 is 5.32 Å². The Balaban J connectivity index is 2.10. The maximum absolute atomic E-state index is 12.7. The van der Waals surface area contributed by atoms with Gasteiger partial charge in [0.05, 0.1) is 5.25 Å². The van der Waals surface area contributed by atoms with Crippen molar-refractivity contribution in [1.82, 2.24) is 5.32 Å². The van der Waals surface area contributed by atoms with E-state index in [0.717, 1.165) is 19.4 Å². The van der Waals surface area contributed by atoms with Crippen LogP contribution in [0.3, 0.4) is 0 Å². The van der Waals surface area contributed by atoms with Gasteiger partial charge >= 0.3 is 0 Å². The summed E-state index contributed by atoms with van der Waals surface area (Å²) in [5.41, 5.74) is 2.92. The number of nitrogens with one attached hydrogen (secondary N) is 1. The third-order valence-corrected chi connectivity index (χ3v) is 6.78. The monoisotopic (exact) mass is 277 g/mol. The fraction of sp³-hybridized carbons (Fsp3) is 0.625. The second-order valence-electron chi connectivity index (χ2n) is 6.57. The first-order valence-electron chi connectivity index (χ1n) is 7.23. The van der Waals surface area contributed by atoms with E-state index in [4.69, 9.17) is 0 Å². The van der Waals surface area contributed by atoms with Crippen LogP contribution in [0.15, 0.2) is 24.3 Å². The summed E-state index contributed by atoms with van der Waals surface area (Å²) in [6.07, 6.45) is 2.03. The highest BCUT2D eigenvalue weighted by Crippen LogP contribution is 2.44. The smallest absolute Gasteiger partial charge is 0.0553 e. The highest BCUT2D eigenvalue weighted by molar-refractivity contribution is 7.86. The van der Waals surface area contributed by atoms with E-state index in [1.54, 1.807) is 0 Å². The van der Waals surface area contributed by atoms with Crippen molar-refractivity contribution in [3.05, 3.63) is 35.4 Å². The molecule has 0 aromatic heterocycles. The molecule has 2 aliphatic rings. The Morgan fingerprint density at radius 2 is 2.05 bits per heavy atom. The molecular weight excluding hydrogens is 254 g/mol.